The lowest BCUT2D eigenvalue weighted by atomic mass is 9.96. The Kier molecular flexibility index (Phi) is 15.5. The van der Waals surface area contributed by atoms with Gasteiger partial charge in [-0.25, -0.2) is 14.0 Å². The molecule has 0 fully saturated rings. The van der Waals surface area contributed by atoms with Crippen molar-refractivity contribution < 1.29 is 37.8 Å². The first-order valence-corrected chi connectivity index (χ1v) is 17.3. The molecule has 12 nitrogen and oxygen atoms in total. The second-order valence-electron chi connectivity index (χ2n) is 13.4. The van der Waals surface area contributed by atoms with Crippen LogP contribution in [-0.4, -0.2) is 74.2 Å². The third kappa shape index (κ3) is 12.3. The Hall–Kier alpha value is -4.20. The maximum absolute atomic E-state index is 13.4. The fourth-order valence-corrected chi connectivity index (χ4v) is 6.07. The summed E-state index contributed by atoms with van der Waals surface area (Å²) in [5.74, 6) is -2.83. The van der Waals surface area contributed by atoms with Crippen molar-refractivity contribution >= 4 is 46.1 Å². The van der Waals surface area contributed by atoms with Crippen LogP contribution in [0.1, 0.15) is 98.9 Å². The van der Waals surface area contributed by atoms with E-state index in [1.165, 1.54) is 19.2 Å². The van der Waals surface area contributed by atoms with E-state index in [0.29, 0.717) is 22.0 Å². The molecule has 14 heteroatoms. The molecule has 0 aliphatic rings. The third-order valence-corrected chi connectivity index (χ3v) is 8.91. The summed E-state index contributed by atoms with van der Waals surface area (Å²) in [6.45, 7) is 16.5. The van der Waals surface area contributed by atoms with Crippen LogP contribution in [0.3, 0.4) is 0 Å². The van der Waals surface area contributed by atoms with Gasteiger partial charge in [0, 0.05) is 25.6 Å². The zero-order chi connectivity index (χ0) is 37.1. The van der Waals surface area contributed by atoms with Crippen LogP contribution in [0.2, 0.25) is 0 Å². The number of methoxy groups -OCH3 is 1. The fourth-order valence-electron chi connectivity index (χ4n) is 4.95. The second kappa shape index (κ2) is 18.5. The molecular weight excluding hydrogens is 653 g/mol. The first-order valence-electron chi connectivity index (χ1n) is 16.5. The standard InChI is InChI=1S/C35H52FN5O7S/c1-11-22(23-12-14-24(36)15-13-23)18-39-32-25(33(45)47-10)21(6)28(49-32)31(44)38-17-16-37-29(42)26(19(2)3)40-30(43)27(20(4)5)41-34(46)48-35(7,8)9/h12-15,19-20,22,26-27,39H,11,16-18H2,1-10H3,(H,37,42)(H,38,44)(H,40,43)(H,41,46)/t22?,26-,27-/m0/s1. The van der Waals surface area contributed by atoms with Gasteiger partial charge in [0.25, 0.3) is 5.91 Å². The third-order valence-electron chi connectivity index (χ3n) is 7.66. The number of amides is 4. The molecule has 2 rings (SSSR count). The maximum Gasteiger partial charge on any atom is 0.408 e. The van der Waals surface area contributed by atoms with Crippen molar-refractivity contribution in [1.29, 1.82) is 0 Å². The largest absolute Gasteiger partial charge is 0.465 e. The van der Waals surface area contributed by atoms with Gasteiger partial charge >= 0.3 is 12.1 Å². The minimum absolute atomic E-state index is 0.0336. The van der Waals surface area contributed by atoms with Crippen LogP contribution < -0.4 is 26.6 Å². The van der Waals surface area contributed by atoms with E-state index in [2.05, 4.69) is 26.6 Å². The number of rotatable bonds is 16. The van der Waals surface area contributed by atoms with Crippen molar-refractivity contribution in [3.8, 4) is 0 Å². The number of benzene rings is 1. The SMILES string of the molecule is CCC(CNc1sc(C(=O)NCCNC(=O)[C@@H](NC(=O)[C@@H](NC(=O)OC(C)(C)C)C(C)C)C(C)C)c(C)c1C(=O)OC)c1ccc(F)cc1. The predicted octanol–water partition coefficient (Wildman–Crippen LogP) is 5.12. The molecule has 0 saturated heterocycles. The van der Waals surface area contributed by atoms with Crippen molar-refractivity contribution in [2.75, 3.05) is 32.1 Å². The Morgan fingerprint density at radius 2 is 1.45 bits per heavy atom. The van der Waals surface area contributed by atoms with Gasteiger partial charge in [-0.15, -0.1) is 11.3 Å². The van der Waals surface area contributed by atoms with Crippen LogP contribution in [-0.2, 0) is 19.1 Å². The highest BCUT2D eigenvalue weighted by molar-refractivity contribution is 7.18. The summed E-state index contributed by atoms with van der Waals surface area (Å²) in [5, 5.41) is 14.6. The van der Waals surface area contributed by atoms with Gasteiger partial charge in [0.1, 0.15) is 28.5 Å². The van der Waals surface area contributed by atoms with Crippen LogP contribution in [0, 0.1) is 24.6 Å². The van der Waals surface area contributed by atoms with Gasteiger partial charge < -0.3 is 36.1 Å². The molecule has 1 aromatic heterocycles. The van der Waals surface area contributed by atoms with Crippen LogP contribution in [0.15, 0.2) is 24.3 Å². The summed E-state index contributed by atoms with van der Waals surface area (Å²) < 4.78 is 23.7. The number of halogens is 1. The van der Waals surface area contributed by atoms with Crippen LogP contribution in [0.4, 0.5) is 14.2 Å². The lowest BCUT2D eigenvalue weighted by molar-refractivity contribution is -0.131. The molecule has 0 saturated carbocycles. The van der Waals surface area contributed by atoms with E-state index in [0.717, 1.165) is 23.3 Å². The normalized spacial score (nSPS) is 13.2. The molecule has 0 aliphatic carbocycles. The first-order chi connectivity index (χ1) is 22.9. The van der Waals surface area contributed by atoms with Gasteiger partial charge in [0.2, 0.25) is 11.8 Å². The number of alkyl carbamates (subject to hydrolysis) is 1. The summed E-state index contributed by atoms with van der Waals surface area (Å²) in [7, 11) is 1.27. The number of anilines is 1. The van der Waals surface area contributed by atoms with E-state index in [-0.39, 0.29) is 42.2 Å². The number of ether oxygens (including phenoxy) is 2. The number of nitrogens with one attached hydrogen (secondary N) is 5. The summed E-state index contributed by atoms with van der Waals surface area (Å²) in [4.78, 5) is 64.8. The van der Waals surface area contributed by atoms with Crippen molar-refractivity contribution in [3.63, 3.8) is 0 Å². The summed E-state index contributed by atoms with van der Waals surface area (Å²) in [5.41, 5.74) is 0.919. The number of carbonyl (C=O) groups excluding carboxylic acids is 5. The van der Waals surface area contributed by atoms with Crippen LogP contribution in [0.25, 0.3) is 0 Å². The monoisotopic (exact) mass is 705 g/mol. The van der Waals surface area contributed by atoms with Gasteiger partial charge in [-0.05, 0) is 69.2 Å². The Bertz CT molecular complexity index is 1450. The number of thiophene rings is 1. The molecule has 49 heavy (non-hydrogen) atoms. The molecule has 1 aromatic carbocycles. The average Bonchev–Trinajstić information content (AvgIpc) is 3.35. The molecule has 3 atom stereocenters. The molecule has 2 aromatic rings. The fraction of sp³-hybridized carbons (Fsp3) is 0.571. The van der Waals surface area contributed by atoms with E-state index in [1.54, 1.807) is 67.5 Å². The van der Waals surface area contributed by atoms with Gasteiger partial charge in [0.15, 0.2) is 0 Å². The van der Waals surface area contributed by atoms with E-state index in [4.69, 9.17) is 9.47 Å². The topological polar surface area (TPSA) is 164 Å². The lowest BCUT2D eigenvalue weighted by Gasteiger charge is -2.28. The Labute approximate surface area is 292 Å². The molecule has 4 amide bonds. The highest BCUT2D eigenvalue weighted by Crippen LogP contribution is 2.34. The molecule has 0 spiro atoms. The average molecular weight is 706 g/mol. The van der Waals surface area contributed by atoms with Crippen LogP contribution >= 0.6 is 11.3 Å². The molecule has 5 N–H and O–H groups in total. The van der Waals surface area contributed by atoms with Crippen molar-refractivity contribution in [1.82, 2.24) is 21.3 Å². The minimum Gasteiger partial charge on any atom is -0.465 e. The maximum atomic E-state index is 13.4. The highest BCUT2D eigenvalue weighted by Gasteiger charge is 2.32. The van der Waals surface area contributed by atoms with Gasteiger partial charge in [-0.2, -0.15) is 0 Å². The van der Waals surface area contributed by atoms with Crippen LogP contribution in [0.5, 0.6) is 0 Å². The van der Waals surface area contributed by atoms with E-state index < -0.39 is 47.5 Å². The molecule has 0 bridgehead atoms. The second-order valence-corrected chi connectivity index (χ2v) is 14.5. The Balaban J connectivity index is 2.04. The Morgan fingerprint density at radius 1 is 0.878 bits per heavy atom. The molecule has 1 heterocycles. The summed E-state index contributed by atoms with van der Waals surface area (Å²) in [6.07, 6.45) is 0.0264. The number of carbonyl (C=O) groups is 5. The number of hydrogen-bond acceptors (Lipinski definition) is 9. The zero-order valence-corrected chi connectivity index (χ0v) is 31.0. The number of esters is 1. The lowest BCUT2D eigenvalue weighted by Crippen LogP contribution is -2.57. The molecule has 272 valence electrons. The molecular formula is C35H52FN5O7S. The van der Waals surface area contributed by atoms with Crippen molar-refractivity contribution in [2.24, 2.45) is 11.8 Å². The van der Waals surface area contributed by atoms with E-state index >= 15 is 0 Å². The van der Waals surface area contributed by atoms with Gasteiger partial charge in [-0.3, -0.25) is 14.4 Å². The first kappa shape index (κ1) is 41.0. The van der Waals surface area contributed by atoms with E-state index in [1.807, 2.05) is 6.92 Å². The summed E-state index contributed by atoms with van der Waals surface area (Å²) in [6, 6.07) is 4.45. The highest BCUT2D eigenvalue weighted by atomic mass is 32.1. The van der Waals surface area contributed by atoms with E-state index in [9.17, 15) is 28.4 Å². The molecule has 0 aliphatic heterocycles. The zero-order valence-electron chi connectivity index (χ0n) is 30.2. The van der Waals surface area contributed by atoms with Crippen molar-refractivity contribution in [2.45, 2.75) is 92.3 Å². The summed E-state index contributed by atoms with van der Waals surface area (Å²) >= 11 is 1.12. The van der Waals surface area contributed by atoms with Gasteiger partial charge in [-0.1, -0.05) is 46.8 Å². The minimum atomic E-state index is -0.928. The molecule has 1 unspecified atom stereocenters. The quantitative estimate of drug-likeness (QED) is 0.119. The Morgan fingerprint density at radius 3 is 1.98 bits per heavy atom. The predicted molar refractivity (Wildman–Crippen MR) is 188 cm³/mol. The van der Waals surface area contributed by atoms with Crippen molar-refractivity contribution in [3.05, 3.63) is 51.7 Å². The van der Waals surface area contributed by atoms with Gasteiger partial charge in [0.05, 0.1) is 17.6 Å². The molecule has 0 radical (unpaired) electrons. The number of hydrogen-bond donors (Lipinski definition) is 5. The smallest absolute Gasteiger partial charge is 0.408 e.